The van der Waals surface area contributed by atoms with E-state index in [1.165, 1.54) is 0 Å². The molecule has 1 aromatic heterocycles. The minimum absolute atomic E-state index is 0. The first kappa shape index (κ1) is 21.1. The van der Waals surface area contributed by atoms with Crippen LogP contribution in [0.2, 0.25) is 0 Å². The van der Waals surface area contributed by atoms with Gasteiger partial charge in [-0.25, -0.2) is 0 Å². The number of likely N-dealkylation sites (tertiary alicyclic amines) is 1. The molecular weight excluding hydrogens is 382 g/mol. The number of piperidine rings is 2. The maximum absolute atomic E-state index is 12.9. The Kier molecular flexibility index (Phi) is 7.31. The highest BCUT2D eigenvalue weighted by atomic mass is 35.5. The van der Waals surface area contributed by atoms with Gasteiger partial charge in [0.2, 0.25) is 5.91 Å². The molecule has 0 aromatic carbocycles. The second-order valence-electron chi connectivity index (χ2n) is 7.71. The Morgan fingerprint density at radius 2 is 1.93 bits per heavy atom. The van der Waals surface area contributed by atoms with Gasteiger partial charge in [0.15, 0.2) is 0 Å². The Morgan fingerprint density at radius 1 is 1.11 bits per heavy atom. The fraction of sp³-hybridized carbons (Fsp3) is 0.737. The van der Waals surface area contributed by atoms with E-state index in [-0.39, 0.29) is 30.1 Å². The van der Waals surface area contributed by atoms with E-state index in [0.717, 1.165) is 38.8 Å². The third kappa shape index (κ3) is 4.67. The van der Waals surface area contributed by atoms with E-state index >= 15 is 0 Å². The van der Waals surface area contributed by atoms with Crippen LogP contribution in [0.1, 0.15) is 42.2 Å². The first-order chi connectivity index (χ1) is 13.2. The van der Waals surface area contributed by atoms with Crippen LogP contribution >= 0.6 is 12.4 Å². The molecule has 3 aliphatic rings. The van der Waals surface area contributed by atoms with Crippen molar-refractivity contribution in [1.29, 1.82) is 0 Å². The number of aromatic nitrogens is 2. The van der Waals surface area contributed by atoms with Crippen LogP contribution in [0.3, 0.4) is 0 Å². The van der Waals surface area contributed by atoms with Crippen LogP contribution in [-0.2, 0) is 9.53 Å². The number of morpholine rings is 1. The van der Waals surface area contributed by atoms with Crippen molar-refractivity contribution in [1.82, 2.24) is 24.9 Å². The number of ether oxygens (including phenoxy) is 1. The van der Waals surface area contributed by atoms with Gasteiger partial charge in [-0.2, -0.15) is 5.10 Å². The Morgan fingerprint density at radius 3 is 2.68 bits per heavy atom. The van der Waals surface area contributed by atoms with Crippen molar-refractivity contribution in [2.75, 3.05) is 52.5 Å². The van der Waals surface area contributed by atoms with Crippen molar-refractivity contribution in [2.45, 2.75) is 31.7 Å². The molecule has 1 N–H and O–H groups in total. The molecule has 4 rings (SSSR count). The molecule has 2 unspecified atom stereocenters. The molecule has 4 heterocycles. The Bertz CT molecular complexity index is 670. The van der Waals surface area contributed by atoms with Gasteiger partial charge in [-0.1, -0.05) is 0 Å². The highest BCUT2D eigenvalue weighted by Gasteiger charge is 2.33. The van der Waals surface area contributed by atoms with E-state index in [1.54, 1.807) is 4.90 Å². The molecule has 0 radical (unpaired) electrons. The number of carbonyl (C=O) groups is 2. The lowest BCUT2D eigenvalue weighted by molar-refractivity contribution is -0.141. The van der Waals surface area contributed by atoms with Crippen molar-refractivity contribution in [3.63, 3.8) is 0 Å². The second kappa shape index (κ2) is 9.71. The van der Waals surface area contributed by atoms with Crippen molar-refractivity contribution in [3.8, 4) is 0 Å². The fourth-order valence-corrected chi connectivity index (χ4v) is 4.28. The summed E-state index contributed by atoms with van der Waals surface area (Å²) in [5.41, 5.74) is 0.486. The summed E-state index contributed by atoms with van der Waals surface area (Å²) >= 11 is 0. The number of hydrogen-bond acceptors (Lipinski definition) is 5. The molecule has 156 valence electrons. The number of nitrogens with one attached hydrogen (secondary N) is 1. The van der Waals surface area contributed by atoms with E-state index in [1.807, 2.05) is 21.8 Å². The Labute approximate surface area is 172 Å². The van der Waals surface area contributed by atoms with Gasteiger partial charge in [-0.3, -0.25) is 14.3 Å². The van der Waals surface area contributed by atoms with Gasteiger partial charge in [0.05, 0.1) is 25.2 Å². The largest absolute Gasteiger partial charge is 0.378 e. The zero-order valence-corrected chi connectivity index (χ0v) is 17.0. The zero-order chi connectivity index (χ0) is 18.6. The van der Waals surface area contributed by atoms with Gasteiger partial charge in [0.25, 0.3) is 5.91 Å². The van der Waals surface area contributed by atoms with Gasteiger partial charge in [0, 0.05) is 38.9 Å². The molecule has 1 aromatic rings. The summed E-state index contributed by atoms with van der Waals surface area (Å²) in [6.07, 6.45) is 5.83. The lowest BCUT2D eigenvalue weighted by atomic mass is 9.96. The number of carbonyl (C=O) groups excluding carboxylic acids is 2. The van der Waals surface area contributed by atoms with Crippen LogP contribution in [0.25, 0.3) is 0 Å². The van der Waals surface area contributed by atoms with Crippen LogP contribution in [0.4, 0.5) is 0 Å². The van der Waals surface area contributed by atoms with E-state index in [4.69, 9.17) is 4.74 Å². The molecule has 2 atom stereocenters. The Balaban J connectivity index is 0.00000225. The molecule has 28 heavy (non-hydrogen) atoms. The Hall–Kier alpha value is -1.64. The van der Waals surface area contributed by atoms with Crippen LogP contribution in [0.5, 0.6) is 0 Å². The maximum Gasteiger partial charge on any atom is 0.274 e. The highest BCUT2D eigenvalue weighted by Crippen LogP contribution is 2.22. The number of amides is 2. The third-order valence-electron chi connectivity index (χ3n) is 5.85. The zero-order valence-electron chi connectivity index (χ0n) is 16.2. The molecule has 9 heteroatoms. The lowest BCUT2D eigenvalue weighted by Gasteiger charge is -2.36. The SMILES string of the molecule is Cl.O=C(c1ccn(C2CCCNC2)n1)N1CCCC(C(=O)N2CCOCC2)C1. The minimum Gasteiger partial charge on any atom is -0.378 e. The molecule has 0 bridgehead atoms. The molecule has 3 aliphatic heterocycles. The number of rotatable bonds is 3. The average Bonchev–Trinajstić information content (AvgIpc) is 3.24. The second-order valence-corrected chi connectivity index (χ2v) is 7.71. The first-order valence-corrected chi connectivity index (χ1v) is 10.1. The van der Waals surface area contributed by atoms with Gasteiger partial charge < -0.3 is 19.9 Å². The quantitative estimate of drug-likeness (QED) is 0.800. The van der Waals surface area contributed by atoms with Crippen molar-refractivity contribution >= 4 is 24.2 Å². The average molecular weight is 412 g/mol. The highest BCUT2D eigenvalue weighted by molar-refractivity contribution is 5.92. The van der Waals surface area contributed by atoms with E-state index in [2.05, 4.69) is 10.4 Å². The minimum atomic E-state index is -0.106. The molecule has 0 spiro atoms. The van der Waals surface area contributed by atoms with Crippen molar-refractivity contribution in [3.05, 3.63) is 18.0 Å². The number of nitrogens with zero attached hydrogens (tertiary/aromatic N) is 4. The third-order valence-corrected chi connectivity index (χ3v) is 5.85. The standard InChI is InChI=1S/C19H29N5O3.ClH/c25-18(22-9-11-27-12-10-22)15-3-2-7-23(14-15)19(26)17-5-8-24(21-17)16-4-1-6-20-13-16;/h5,8,15-16,20H,1-4,6-7,9-14H2;1H. The topological polar surface area (TPSA) is 79.7 Å². The predicted molar refractivity (Wildman–Crippen MR) is 107 cm³/mol. The summed E-state index contributed by atoms with van der Waals surface area (Å²) in [6, 6.07) is 2.13. The normalized spacial score (nSPS) is 25.9. The summed E-state index contributed by atoms with van der Waals surface area (Å²) in [5, 5.41) is 7.92. The van der Waals surface area contributed by atoms with E-state index in [9.17, 15) is 9.59 Å². The molecule has 0 saturated carbocycles. The van der Waals surface area contributed by atoms with Gasteiger partial charge in [0.1, 0.15) is 5.69 Å². The molecule has 3 saturated heterocycles. The monoisotopic (exact) mass is 411 g/mol. The first-order valence-electron chi connectivity index (χ1n) is 10.1. The number of halogens is 1. The summed E-state index contributed by atoms with van der Waals surface area (Å²) < 4.78 is 7.25. The van der Waals surface area contributed by atoms with Crippen LogP contribution in [-0.4, -0.2) is 83.9 Å². The van der Waals surface area contributed by atoms with Crippen LogP contribution in [0.15, 0.2) is 12.3 Å². The summed E-state index contributed by atoms with van der Waals surface area (Å²) in [7, 11) is 0. The smallest absolute Gasteiger partial charge is 0.274 e. The van der Waals surface area contributed by atoms with Gasteiger partial charge in [-0.05, 0) is 38.3 Å². The van der Waals surface area contributed by atoms with Crippen molar-refractivity contribution in [2.24, 2.45) is 5.92 Å². The van der Waals surface area contributed by atoms with Crippen molar-refractivity contribution < 1.29 is 14.3 Å². The summed E-state index contributed by atoms with van der Waals surface area (Å²) in [6.45, 7) is 5.66. The van der Waals surface area contributed by atoms with E-state index in [0.29, 0.717) is 51.1 Å². The number of hydrogen-bond donors (Lipinski definition) is 1. The summed E-state index contributed by atoms with van der Waals surface area (Å²) in [5.74, 6) is -0.00274. The molecular formula is C19H30ClN5O3. The lowest BCUT2D eigenvalue weighted by Crippen LogP contribution is -2.49. The molecule has 0 aliphatic carbocycles. The van der Waals surface area contributed by atoms with Crippen LogP contribution < -0.4 is 5.32 Å². The molecule has 2 amide bonds. The van der Waals surface area contributed by atoms with E-state index < -0.39 is 0 Å². The summed E-state index contributed by atoms with van der Waals surface area (Å²) in [4.78, 5) is 29.4. The van der Waals surface area contributed by atoms with Gasteiger partial charge in [-0.15, -0.1) is 12.4 Å². The van der Waals surface area contributed by atoms with Crippen LogP contribution in [0, 0.1) is 5.92 Å². The fourth-order valence-electron chi connectivity index (χ4n) is 4.28. The molecule has 3 fully saturated rings. The molecule has 8 nitrogen and oxygen atoms in total. The van der Waals surface area contributed by atoms with Gasteiger partial charge >= 0.3 is 0 Å². The predicted octanol–water partition coefficient (Wildman–Crippen LogP) is 0.940. The maximum atomic E-state index is 12.9.